The van der Waals surface area contributed by atoms with E-state index in [1.165, 1.54) is 0 Å². The van der Waals surface area contributed by atoms with Crippen LogP contribution in [0.4, 0.5) is 11.4 Å². The van der Waals surface area contributed by atoms with Crippen LogP contribution in [0, 0.1) is 11.3 Å². The minimum absolute atomic E-state index is 0.0113. The van der Waals surface area contributed by atoms with Crippen molar-refractivity contribution < 1.29 is 14.4 Å². The highest BCUT2D eigenvalue weighted by Gasteiger charge is 2.40. The molecule has 7 heteroatoms. The number of piperidine rings is 1. The van der Waals surface area contributed by atoms with Crippen LogP contribution in [0.1, 0.15) is 46.5 Å². The Kier molecular flexibility index (Phi) is 5.54. The fraction of sp³-hybridized carbons (Fsp3) is 0.542. The van der Waals surface area contributed by atoms with Crippen molar-refractivity contribution in [1.29, 1.82) is 0 Å². The third-order valence-electron chi connectivity index (χ3n) is 6.86. The minimum atomic E-state index is -0.286. The lowest BCUT2D eigenvalue weighted by molar-refractivity contribution is -0.133. The molecule has 0 radical (unpaired) electrons. The molecule has 1 saturated heterocycles. The van der Waals surface area contributed by atoms with E-state index in [1.54, 1.807) is 0 Å². The van der Waals surface area contributed by atoms with E-state index in [1.807, 2.05) is 41.0 Å². The van der Waals surface area contributed by atoms with Gasteiger partial charge in [0.05, 0.1) is 24.0 Å². The third-order valence-corrected chi connectivity index (χ3v) is 6.86. The minimum Gasteiger partial charge on any atom is -0.369 e. The Balaban J connectivity index is 1.61. The monoisotopic (exact) mass is 424 g/mol. The fourth-order valence-electron chi connectivity index (χ4n) is 5.17. The summed E-state index contributed by atoms with van der Waals surface area (Å²) in [5.74, 6) is -0.274. The van der Waals surface area contributed by atoms with Crippen molar-refractivity contribution in [1.82, 2.24) is 4.90 Å². The number of carbonyl (C=O) groups is 3. The summed E-state index contributed by atoms with van der Waals surface area (Å²) in [7, 11) is 0. The van der Waals surface area contributed by atoms with E-state index < -0.39 is 0 Å². The van der Waals surface area contributed by atoms with Gasteiger partial charge in [-0.1, -0.05) is 26.0 Å². The molecule has 2 heterocycles. The van der Waals surface area contributed by atoms with Crippen LogP contribution in [0.3, 0.4) is 0 Å². The molecule has 0 saturated carbocycles. The summed E-state index contributed by atoms with van der Waals surface area (Å²) in [6, 6.07) is 7.72. The number of para-hydroxylation sites is 2. The molecule has 3 N–H and O–H groups in total. The Hall–Kier alpha value is -2.83. The molecule has 0 aromatic heterocycles. The number of primary amides is 1. The van der Waals surface area contributed by atoms with Crippen molar-refractivity contribution in [2.45, 2.75) is 52.5 Å². The molecule has 1 unspecified atom stereocenters. The van der Waals surface area contributed by atoms with Crippen LogP contribution in [0.2, 0.25) is 0 Å². The second kappa shape index (κ2) is 8.02. The van der Waals surface area contributed by atoms with Gasteiger partial charge >= 0.3 is 0 Å². The number of nitrogens with zero attached hydrogens (tertiary/aromatic N) is 2. The molecule has 1 aliphatic carbocycles. The van der Waals surface area contributed by atoms with Crippen LogP contribution >= 0.6 is 0 Å². The highest BCUT2D eigenvalue weighted by Crippen LogP contribution is 2.43. The molecule has 0 bridgehead atoms. The Morgan fingerprint density at radius 1 is 1.16 bits per heavy atom. The number of rotatable bonds is 3. The van der Waals surface area contributed by atoms with Gasteiger partial charge in [0.1, 0.15) is 0 Å². The molecule has 2 aliphatic heterocycles. The van der Waals surface area contributed by atoms with Gasteiger partial charge in [-0.2, -0.15) is 0 Å². The number of nitrogens with one attached hydrogen (secondary N) is 1. The van der Waals surface area contributed by atoms with E-state index in [-0.39, 0.29) is 41.5 Å². The second-order valence-corrected chi connectivity index (χ2v) is 9.84. The zero-order valence-corrected chi connectivity index (χ0v) is 18.6. The lowest BCUT2D eigenvalue weighted by Crippen LogP contribution is -2.48. The summed E-state index contributed by atoms with van der Waals surface area (Å²) >= 11 is 0. The molecule has 31 heavy (non-hydrogen) atoms. The van der Waals surface area contributed by atoms with E-state index in [0.29, 0.717) is 32.4 Å². The van der Waals surface area contributed by atoms with Gasteiger partial charge in [-0.05, 0) is 43.7 Å². The maximum Gasteiger partial charge on any atom is 0.242 e. The molecule has 1 aromatic carbocycles. The smallest absolute Gasteiger partial charge is 0.242 e. The number of nitrogens with two attached hydrogens (primary N) is 1. The normalized spacial score (nSPS) is 23.6. The van der Waals surface area contributed by atoms with Crippen LogP contribution in [-0.2, 0) is 14.4 Å². The standard InChI is InChI=1S/C24H32N4O3/c1-15-22-18(12-24(2,3)13-20(22)29)26-17-6-4-5-7-19(17)28(15)14-21(30)27-10-8-16(9-11-27)23(25)31/h4-7,15-16,26H,8-14H2,1-3H3,(H2,25,31). The Bertz CT molecular complexity index is 944. The summed E-state index contributed by atoms with van der Waals surface area (Å²) in [5.41, 5.74) is 8.94. The molecule has 7 nitrogen and oxygen atoms in total. The summed E-state index contributed by atoms with van der Waals surface area (Å²) in [6.07, 6.45) is 2.53. The number of carbonyl (C=O) groups excluding carboxylic acids is 3. The molecule has 4 rings (SSSR count). The van der Waals surface area contributed by atoms with E-state index >= 15 is 0 Å². The predicted octanol–water partition coefficient (Wildman–Crippen LogP) is 2.67. The lowest BCUT2D eigenvalue weighted by Gasteiger charge is -2.37. The average molecular weight is 425 g/mol. The maximum absolute atomic E-state index is 13.2. The van der Waals surface area contributed by atoms with Crippen LogP contribution in [0.25, 0.3) is 0 Å². The van der Waals surface area contributed by atoms with Gasteiger partial charge in [0.25, 0.3) is 0 Å². The fourth-order valence-corrected chi connectivity index (χ4v) is 5.17. The predicted molar refractivity (Wildman–Crippen MR) is 120 cm³/mol. The van der Waals surface area contributed by atoms with Crippen molar-refractivity contribution in [3.8, 4) is 0 Å². The van der Waals surface area contributed by atoms with Gasteiger partial charge in [-0.15, -0.1) is 0 Å². The molecule has 1 aromatic rings. The number of hydrogen-bond donors (Lipinski definition) is 2. The van der Waals surface area contributed by atoms with E-state index in [4.69, 9.17) is 5.73 Å². The van der Waals surface area contributed by atoms with E-state index in [2.05, 4.69) is 19.2 Å². The summed E-state index contributed by atoms with van der Waals surface area (Å²) in [4.78, 5) is 41.6. The van der Waals surface area contributed by atoms with E-state index in [0.717, 1.165) is 29.1 Å². The molecular formula is C24H32N4O3. The van der Waals surface area contributed by atoms with Gasteiger partial charge in [0, 0.05) is 36.7 Å². The third kappa shape index (κ3) is 4.18. The molecule has 3 aliphatic rings. The maximum atomic E-state index is 13.2. The van der Waals surface area contributed by atoms with E-state index in [9.17, 15) is 14.4 Å². The first-order chi connectivity index (χ1) is 14.7. The zero-order chi connectivity index (χ0) is 22.3. The molecular weight excluding hydrogens is 392 g/mol. The first-order valence-electron chi connectivity index (χ1n) is 11.1. The Morgan fingerprint density at radius 3 is 2.52 bits per heavy atom. The number of fused-ring (bicyclic) bond motifs is 1. The van der Waals surface area contributed by atoms with Gasteiger partial charge in [0.15, 0.2) is 5.78 Å². The largest absolute Gasteiger partial charge is 0.369 e. The Morgan fingerprint density at radius 2 is 1.84 bits per heavy atom. The van der Waals surface area contributed by atoms with Crippen molar-refractivity contribution in [2.24, 2.45) is 17.1 Å². The number of likely N-dealkylation sites (tertiary alicyclic amines) is 1. The number of Topliss-reactive ketones (excluding diaryl/α,β-unsaturated/α-hetero) is 1. The first kappa shape index (κ1) is 21.4. The van der Waals surface area contributed by atoms with Gasteiger partial charge in [-0.25, -0.2) is 0 Å². The highest BCUT2D eigenvalue weighted by molar-refractivity contribution is 6.01. The summed E-state index contributed by atoms with van der Waals surface area (Å²) < 4.78 is 0. The van der Waals surface area contributed by atoms with Crippen molar-refractivity contribution >= 4 is 29.0 Å². The number of anilines is 2. The number of ketones is 1. The summed E-state index contributed by atoms with van der Waals surface area (Å²) in [5, 5.41) is 3.52. The zero-order valence-electron chi connectivity index (χ0n) is 18.6. The molecule has 0 spiro atoms. The van der Waals surface area contributed by atoms with Crippen LogP contribution in [0.15, 0.2) is 35.5 Å². The van der Waals surface area contributed by atoms with Gasteiger partial charge in [-0.3, -0.25) is 14.4 Å². The van der Waals surface area contributed by atoms with Crippen molar-refractivity contribution in [3.63, 3.8) is 0 Å². The Labute approximate surface area is 183 Å². The molecule has 1 fully saturated rings. The van der Waals surface area contributed by atoms with Gasteiger partial charge in [0.2, 0.25) is 11.8 Å². The first-order valence-corrected chi connectivity index (χ1v) is 11.1. The van der Waals surface area contributed by atoms with Crippen LogP contribution in [0.5, 0.6) is 0 Å². The van der Waals surface area contributed by atoms with Crippen molar-refractivity contribution in [3.05, 3.63) is 35.5 Å². The SMILES string of the molecule is CC1C2=C(CC(C)(C)CC2=O)Nc2ccccc2N1CC(=O)N1CCC(C(N)=O)CC1. The van der Waals surface area contributed by atoms with Crippen LogP contribution < -0.4 is 16.0 Å². The lowest BCUT2D eigenvalue weighted by atomic mass is 9.74. The summed E-state index contributed by atoms with van der Waals surface area (Å²) in [6.45, 7) is 7.52. The second-order valence-electron chi connectivity index (χ2n) is 9.84. The number of benzene rings is 1. The topological polar surface area (TPSA) is 95.7 Å². The van der Waals surface area contributed by atoms with Crippen molar-refractivity contribution in [2.75, 3.05) is 29.9 Å². The number of allylic oxidation sites excluding steroid dienone is 1. The number of amides is 2. The molecule has 2 amide bonds. The highest BCUT2D eigenvalue weighted by atomic mass is 16.2. The van der Waals surface area contributed by atoms with Gasteiger partial charge < -0.3 is 20.9 Å². The van der Waals surface area contributed by atoms with Crippen LogP contribution in [-0.4, -0.2) is 48.2 Å². The molecule has 166 valence electrons. The molecule has 1 atom stereocenters. The quantitative estimate of drug-likeness (QED) is 0.778. The average Bonchev–Trinajstić information content (AvgIpc) is 2.81. The number of hydrogen-bond acceptors (Lipinski definition) is 5.